The molecule has 134 valence electrons. The van der Waals surface area contributed by atoms with Crippen LogP contribution in [-0.2, 0) is 11.8 Å². The van der Waals surface area contributed by atoms with E-state index in [0.717, 1.165) is 5.69 Å². The van der Waals surface area contributed by atoms with Crippen molar-refractivity contribution in [3.8, 4) is 0 Å². The smallest absolute Gasteiger partial charge is 0.261 e. The van der Waals surface area contributed by atoms with Crippen molar-refractivity contribution in [3.05, 3.63) is 64.5 Å². The molecule has 0 bridgehead atoms. The van der Waals surface area contributed by atoms with Crippen LogP contribution in [0.1, 0.15) is 63.1 Å². The molecule has 1 aromatic carbocycles. The van der Waals surface area contributed by atoms with Crippen LogP contribution in [0, 0.1) is 0 Å². The van der Waals surface area contributed by atoms with E-state index in [2.05, 4.69) is 4.98 Å². The van der Waals surface area contributed by atoms with E-state index in [0.29, 0.717) is 28.7 Å². The number of primary amides is 1. The molecule has 0 fully saturated rings. The van der Waals surface area contributed by atoms with Crippen molar-refractivity contribution in [1.29, 1.82) is 0 Å². The fourth-order valence-electron chi connectivity index (χ4n) is 3.01. The second-order valence-corrected chi connectivity index (χ2v) is 7.40. The number of imide groups is 1. The van der Waals surface area contributed by atoms with Gasteiger partial charge in [0, 0.05) is 23.9 Å². The van der Waals surface area contributed by atoms with Gasteiger partial charge in [-0.25, -0.2) is 0 Å². The van der Waals surface area contributed by atoms with Gasteiger partial charge in [0.05, 0.1) is 16.7 Å². The van der Waals surface area contributed by atoms with Gasteiger partial charge in [0.2, 0.25) is 0 Å². The molecule has 2 heterocycles. The normalized spacial score (nSPS) is 13.9. The summed E-state index contributed by atoms with van der Waals surface area (Å²) in [6, 6.07) is 8.59. The van der Waals surface area contributed by atoms with Gasteiger partial charge >= 0.3 is 0 Å². The molecule has 3 amide bonds. The van der Waals surface area contributed by atoms with Gasteiger partial charge in [-0.1, -0.05) is 32.9 Å². The number of carbonyl (C=O) groups is 3. The molecule has 0 unspecified atom stereocenters. The van der Waals surface area contributed by atoms with Crippen molar-refractivity contribution in [3.63, 3.8) is 0 Å². The number of benzene rings is 1. The maximum absolute atomic E-state index is 12.5. The van der Waals surface area contributed by atoms with E-state index in [9.17, 15) is 14.4 Å². The van der Waals surface area contributed by atoms with Crippen molar-refractivity contribution in [1.82, 2.24) is 9.88 Å². The quantitative estimate of drug-likeness (QED) is 0.856. The molecule has 3 rings (SSSR count). The van der Waals surface area contributed by atoms with E-state index >= 15 is 0 Å². The summed E-state index contributed by atoms with van der Waals surface area (Å²) in [4.78, 5) is 42.2. The van der Waals surface area contributed by atoms with E-state index in [4.69, 9.17) is 5.73 Å². The molecule has 1 aliphatic heterocycles. The zero-order chi connectivity index (χ0) is 19.1. The molecule has 0 spiro atoms. The van der Waals surface area contributed by atoms with E-state index in [1.54, 1.807) is 24.3 Å². The SMILES string of the molecule is CC(C)(C)c1cc(CCN2C(=O)c3ccccc3C2=O)c(C(N)=O)cn1. The summed E-state index contributed by atoms with van der Waals surface area (Å²) in [6.07, 6.45) is 1.82. The fourth-order valence-corrected chi connectivity index (χ4v) is 3.01. The Morgan fingerprint density at radius 3 is 2.19 bits per heavy atom. The van der Waals surface area contributed by atoms with Crippen LogP contribution in [0.3, 0.4) is 0 Å². The van der Waals surface area contributed by atoms with E-state index in [-0.39, 0.29) is 23.8 Å². The molecule has 0 radical (unpaired) electrons. The highest BCUT2D eigenvalue weighted by Crippen LogP contribution is 2.25. The minimum Gasteiger partial charge on any atom is -0.366 e. The van der Waals surface area contributed by atoms with Crippen molar-refractivity contribution in [2.24, 2.45) is 5.73 Å². The molecule has 6 heteroatoms. The number of rotatable bonds is 4. The summed E-state index contributed by atoms with van der Waals surface area (Å²) in [6.45, 7) is 6.24. The molecule has 0 saturated carbocycles. The molecular formula is C20H21N3O3. The Kier molecular flexibility index (Phi) is 4.36. The number of fused-ring (bicyclic) bond motifs is 1. The monoisotopic (exact) mass is 351 g/mol. The van der Waals surface area contributed by atoms with Gasteiger partial charge in [-0.05, 0) is 30.2 Å². The van der Waals surface area contributed by atoms with E-state index in [1.165, 1.54) is 11.1 Å². The number of hydrogen-bond donors (Lipinski definition) is 1. The third-order valence-corrected chi connectivity index (χ3v) is 4.51. The highest BCUT2D eigenvalue weighted by atomic mass is 16.2. The maximum atomic E-state index is 12.5. The van der Waals surface area contributed by atoms with Crippen LogP contribution in [0.25, 0.3) is 0 Å². The standard InChI is InChI=1S/C20H21N3O3/c1-20(2,3)16-10-12(15(11-22-16)17(21)24)8-9-23-18(25)13-6-4-5-7-14(13)19(23)26/h4-7,10-11H,8-9H2,1-3H3,(H2,21,24). The number of aromatic nitrogens is 1. The summed E-state index contributed by atoms with van der Waals surface area (Å²) in [5.41, 5.74) is 7.91. The van der Waals surface area contributed by atoms with Gasteiger partial charge in [0.25, 0.3) is 17.7 Å². The van der Waals surface area contributed by atoms with Gasteiger partial charge in [0.1, 0.15) is 0 Å². The number of amides is 3. The fraction of sp³-hybridized carbons (Fsp3) is 0.300. The van der Waals surface area contributed by atoms with Crippen molar-refractivity contribution in [2.45, 2.75) is 32.6 Å². The lowest BCUT2D eigenvalue weighted by atomic mass is 9.89. The first-order valence-electron chi connectivity index (χ1n) is 8.44. The lowest BCUT2D eigenvalue weighted by Gasteiger charge is -2.20. The molecule has 26 heavy (non-hydrogen) atoms. The van der Waals surface area contributed by atoms with Crippen LogP contribution in [-0.4, -0.2) is 34.2 Å². The number of nitrogens with zero attached hydrogens (tertiary/aromatic N) is 2. The van der Waals surface area contributed by atoms with Crippen LogP contribution in [0.2, 0.25) is 0 Å². The predicted octanol–water partition coefficient (Wildman–Crippen LogP) is 2.32. The second-order valence-electron chi connectivity index (χ2n) is 7.40. The number of hydrogen-bond acceptors (Lipinski definition) is 4. The van der Waals surface area contributed by atoms with Crippen molar-refractivity contribution >= 4 is 17.7 Å². The van der Waals surface area contributed by atoms with E-state index < -0.39 is 5.91 Å². The Hall–Kier alpha value is -3.02. The van der Waals surface area contributed by atoms with Crippen LogP contribution < -0.4 is 5.73 Å². The second kappa shape index (κ2) is 6.37. The predicted molar refractivity (Wildman–Crippen MR) is 97.0 cm³/mol. The summed E-state index contributed by atoms with van der Waals surface area (Å²) >= 11 is 0. The third kappa shape index (κ3) is 3.10. The van der Waals surface area contributed by atoms with Crippen LogP contribution in [0.4, 0.5) is 0 Å². The van der Waals surface area contributed by atoms with Gasteiger partial charge in [-0.3, -0.25) is 24.3 Å². The Bertz CT molecular complexity index is 878. The molecular weight excluding hydrogens is 330 g/mol. The summed E-state index contributed by atoms with van der Waals surface area (Å²) in [5, 5.41) is 0. The number of nitrogens with two attached hydrogens (primary N) is 1. The van der Waals surface area contributed by atoms with Crippen molar-refractivity contribution < 1.29 is 14.4 Å². The molecule has 2 N–H and O–H groups in total. The highest BCUT2D eigenvalue weighted by molar-refractivity contribution is 6.21. The first kappa shape index (κ1) is 17.8. The van der Waals surface area contributed by atoms with Crippen LogP contribution in [0.5, 0.6) is 0 Å². The lowest BCUT2D eigenvalue weighted by molar-refractivity contribution is 0.0656. The summed E-state index contributed by atoms with van der Waals surface area (Å²) in [7, 11) is 0. The highest BCUT2D eigenvalue weighted by Gasteiger charge is 2.34. The molecule has 6 nitrogen and oxygen atoms in total. The topological polar surface area (TPSA) is 93.4 Å². The summed E-state index contributed by atoms with van der Waals surface area (Å²) in [5.74, 6) is -1.19. The average molecular weight is 351 g/mol. The van der Waals surface area contributed by atoms with Gasteiger partial charge in [-0.2, -0.15) is 0 Å². The molecule has 1 aliphatic rings. The van der Waals surface area contributed by atoms with Crippen LogP contribution in [0.15, 0.2) is 36.5 Å². The van der Waals surface area contributed by atoms with E-state index in [1.807, 2.05) is 26.8 Å². The number of pyridine rings is 1. The van der Waals surface area contributed by atoms with Crippen molar-refractivity contribution in [2.75, 3.05) is 6.54 Å². The minimum atomic E-state index is -0.574. The molecule has 1 aromatic heterocycles. The minimum absolute atomic E-state index is 0.181. The Balaban J connectivity index is 1.87. The number of carbonyl (C=O) groups excluding carboxylic acids is 3. The maximum Gasteiger partial charge on any atom is 0.261 e. The average Bonchev–Trinajstić information content (AvgIpc) is 2.83. The Labute approximate surface area is 152 Å². The zero-order valence-electron chi connectivity index (χ0n) is 15.1. The molecule has 0 saturated heterocycles. The third-order valence-electron chi connectivity index (χ3n) is 4.51. The van der Waals surface area contributed by atoms with Gasteiger partial charge in [-0.15, -0.1) is 0 Å². The van der Waals surface area contributed by atoms with Gasteiger partial charge in [0.15, 0.2) is 0 Å². The first-order valence-corrected chi connectivity index (χ1v) is 8.44. The Morgan fingerprint density at radius 1 is 1.12 bits per heavy atom. The lowest BCUT2D eigenvalue weighted by Crippen LogP contribution is -2.32. The summed E-state index contributed by atoms with van der Waals surface area (Å²) < 4.78 is 0. The molecule has 0 atom stereocenters. The Morgan fingerprint density at radius 2 is 1.69 bits per heavy atom. The van der Waals surface area contributed by atoms with Crippen LogP contribution >= 0.6 is 0 Å². The first-order chi connectivity index (χ1) is 12.2. The van der Waals surface area contributed by atoms with Gasteiger partial charge < -0.3 is 5.73 Å². The largest absolute Gasteiger partial charge is 0.366 e. The molecule has 0 aliphatic carbocycles. The molecule has 2 aromatic rings. The zero-order valence-corrected chi connectivity index (χ0v) is 15.1.